The van der Waals surface area contributed by atoms with Crippen molar-refractivity contribution >= 4 is 31.6 Å². The number of aryl methyl sites for hydroxylation is 1. The molecule has 0 unspecified atom stereocenters. The van der Waals surface area contributed by atoms with Crippen LogP contribution in [0.5, 0.6) is 0 Å². The molecule has 1 aliphatic carbocycles. The molecule has 4 rings (SSSR count). The molecule has 0 fully saturated rings. The molecular formula is C18H18BrNO3S. The topological polar surface area (TPSA) is 57.6 Å². The van der Waals surface area contributed by atoms with Gasteiger partial charge in [0.1, 0.15) is 0 Å². The van der Waals surface area contributed by atoms with Crippen LogP contribution in [0, 0.1) is 6.92 Å². The number of aliphatic hydroxyl groups is 1. The third-order valence-electron chi connectivity index (χ3n) is 4.95. The van der Waals surface area contributed by atoms with Gasteiger partial charge in [-0.3, -0.25) is 4.31 Å². The first-order valence-corrected chi connectivity index (χ1v) is 10.3. The zero-order chi connectivity index (χ0) is 17.1. The third kappa shape index (κ3) is 2.31. The quantitative estimate of drug-likeness (QED) is 0.775. The summed E-state index contributed by atoms with van der Waals surface area (Å²) in [7, 11) is -3.60. The minimum Gasteiger partial charge on any atom is -0.392 e. The number of hydrogen-bond acceptors (Lipinski definition) is 3. The first kappa shape index (κ1) is 16.1. The van der Waals surface area contributed by atoms with Gasteiger partial charge in [-0.2, -0.15) is 0 Å². The smallest absolute Gasteiger partial charge is 0.264 e. The van der Waals surface area contributed by atoms with Gasteiger partial charge in [-0.25, -0.2) is 8.42 Å². The van der Waals surface area contributed by atoms with E-state index in [-0.39, 0.29) is 10.7 Å². The van der Waals surface area contributed by atoms with Crippen LogP contribution in [0.3, 0.4) is 0 Å². The summed E-state index contributed by atoms with van der Waals surface area (Å²) in [5.41, 5.74) is 3.83. The minimum atomic E-state index is -3.60. The van der Waals surface area contributed by atoms with Gasteiger partial charge in [-0.1, -0.05) is 45.8 Å². The number of benzene rings is 2. The molecule has 1 aliphatic heterocycles. The summed E-state index contributed by atoms with van der Waals surface area (Å²) in [4.78, 5) is 0.158. The van der Waals surface area contributed by atoms with Crippen LogP contribution in [0.2, 0.25) is 0 Å². The van der Waals surface area contributed by atoms with E-state index in [4.69, 9.17) is 0 Å². The first-order chi connectivity index (χ1) is 11.4. The van der Waals surface area contributed by atoms with E-state index in [1.54, 1.807) is 12.1 Å². The van der Waals surface area contributed by atoms with E-state index < -0.39 is 16.1 Å². The fraction of sp³-hybridized carbons (Fsp3) is 0.333. The summed E-state index contributed by atoms with van der Waals surface area (Å²) < 4.78 is 27.7. The van der Waals surface area contributed by atoms with Gasteiger partial charge in [0, 0.05) is 12.5 Å². The predicted molar refractivity (Wildman–Crippen MR) is 97.2 cm³/mol. The highest BCUT2D eigenvalue weighted by atomic mass is 79.9. The lowest BCUT2D eigenvalue weighted by Gasteiger charge is -2.29. The highest BCUT2D eigenvalue weighted by Crippen LogP contribution is 2.51. The monoisotopic (exact) mass is 407 g/mol. The molecule has 0 aromatic heterocycles. The van der Waals surface area contributed by atoms with Gasteiger partial charge in [0.05, 0.1) is 21.5 Å². The Bertz CT molecular complexity index is 895. The lowest BCUT2D eigenvalue weighted by molar-refractivity contribution is 0.148. The molecule has 2 aromatic rings. The molecule has 4 nitrogen and oxygen atoms in total. The highest BCUT2D eigenvalue weighted by molar-refractivity contribution is 9.09. The lowest BCUT2D eigenvalue weighted by atomic mass is 9.82. The van der Waals surface area contributed by atoms with Gasteiger partial charge < -0.3 is 5.11 Å². The van der Waals surface area contributed by atoms with Crippen LogP contribution < -0.4 is 4.31 Å². The van der Waals surface area contributed by atoms with E-state index in [1.165, 1.54) is 4.31 Å². The average Bonchev–Trinajstić information content (AvgIpc) is 2.93. The van der Waals surface area contributed by atoms with Crippen LogP contribution in [0.4, 0.5) is 5.69 Å². The van der Waals surface area contributed by atoms with Gasteiger partial charge in [0.2, 0.25) is 0 Å². The number of nitrogens with zero attached hydrogens (tertiary/aromatic N) is 1. The molecule has 0 spiro atoms. The Morgan fingerprint density at radius 2 is 1.88 bits per heavy atom. The van der Waals surface area contributed by atoms with Crippen molar-refractivity contribution in [2.24, 2.45) is 0 Å². The number of sulfonamides is 1. The molecule has 0 bridgehead atoms. The van der Waals surface area contributed by atoms with Gasteiger partial charge in [-0.15, -0.1) is 0 Å². The number of anilines is 1. The van der Waals surface area contributed by atoms with Crippen LogP contribution in [-0.4, -0.2) is 26.2 Å². The van der Waals surface area contributed by atoms with Crippen molar-refractivity contribution in [2.75, 3.05) is 10.8 Å². The second kappa shape index (κ2) is 5.58. The Morgan fingerprint density at radius 3 is 2.58 bits per heavy atom. The van der Waals surface area contributed by atoms with Gasteiger partial charge in [-0.05, 0) is 42.7 Å². The Balaban J connectivity index is 1.82. The summed E-state index contributed by atoms with van der Waals surface area (Å²) in [6.07, 6.45) is 0.0691. The molecule has 1 heterocycles. The molecule has 2 aliphatic rings. The number of rotatable bonds is 2. The molecule has 0 amide bonds. The fourth-order valence-corrected chi connectivity index (χ4v) is 5.88. The largest absolute Gasteiger partial charge is 0.392 e. The SMILES string of the molecule is Cc1ccc(S(=O)(=O)N2C[C@@H]3C[C@@H](O)[C@H](Br)c4cccc2c43)cc1. The number of halogens is 1. The van der Waals surface area contributed by atoms with Crippen LogP contribution in [0.1, 0.15) is 33.9 Å². The number of alkyl halides is 1. The van der Waals surface area contributed by atoms with E-state index >= 15 is 0 Å². The van der Waals surface area contributed by atoms with E-state index in [0.29, 0.717) is 17.9 Å². The van der Waals surface area contributed by atoms with Crippen molar-refractivity contribution in [3.8, 4) is 0 Å². The molecule has 1 N–H and O–H groups in total. The zero-order valence-corrected chi connectivity index (χ0v) is 15.6. The van der Waals surface area contributed by atoms with E-state index in [1.807, 2.05) is 37.3 Å². The first-order valence-electron chi connectivity index (χ1n) is 7.94. The van der Waals surface area contributed by atoms with E-state index in [0.717, 1.165) is 22.4 Å². The van der Waals surface area contributed by atoms with Crippen LogP contribution in [-0.2, 0) is 10.0 Å². The van der Waals surface area contributed by atoms with Crippen LogP contribution >= 0.6 is 15.9 Å². The normalized spacial score (nSPS) is 25.6. The molecule has 0 saturated heterocycles. The standard InChI is InChI=1S/C18H18BrNO3S/c1-11-5-7-13(8-6-11)24(22,23)20-10-12-9-16(21)18(19)14-3-2-4-15(20)17(12)14/h2-8,12,16,18,21H,9-10H2,1H3/t12-,16+,18+/m0/s1. The summed E-state index contributed by atoms with van der Waals surface area (Å²) in [5.74, 6) is 0.0419. The lowest BCUT2D eigenvalue weighted by Crippen LogP contribution is -2.31. The highest BCUT2D eigenvalue weighted by Gasteiger charge is 2.43. The Morgan fingerprint density at radius 1 is 1.17 bits per heavy atom. The molecular weight excluding hydrogens is 390 g/mol. The Hall–Kier alpha value is -1.37. The molecule has 6 heteroatoms. The maximum atomic E-state index is 13.1. The maximum Gasteiger partial charge on any atom is 0.264 e. The van der Waals surface area contributed by atoms with Gasteiger partial charge in [0.15, 0.2) is 0 Å². The summed E-state index contributed by atoms with van der Waals surface area (Å²) >= 11 is 3.55. The second-order valence-electron chi connectivity index (χ2n) is 6.53. The molecule has 3 atom stereocenters. The molecule has 2 aromatic carbocycles. The van der Waals surface area contributed by atoms with Crippen LogP contribution in [0.25, 0.3) is 0 Å². The average molecular weight is 408 g/mol. The van der Waals surface area contributed by atoms with Crippen molar-refractivity contribution in [2.45, 2.75) is 35.1 Å². The van der Waals surface area contributed by atoms with Crippen molar-refractivity contribution in [3.63, 3.8) is 0 Å². The number of hydrogen-bond donors (Lipinski definition) is 1. The van der Waals surface area contributed by atoms with Gasteiger partial charge >= 0.3 is 0 Å². The molecule has 24 heavy (non-hydrogen) atoms. The number of aliphatic hydroxyl groups excluding tert-OH is 1. The van der Waals surface area contributed by atoms with Crippen molar-refractivity contribution in [1.29, 1.82) is 0 Å². The van der Waals surface area contributed by atoms with Crippen molar-refractivity contribution in [3.05, 3.63) is 59.2 Å². The molecule has 126 valence electrons. The van der Waals surface area contributed by atoms with Crippen molar-refractivity contribution in [1.82, 2.24) is 0 Å². The minimum absolute atomic E-state index is 0.0419. The van der Waals surface area contributed by atoms with E-state index in [2.05, 4.69) is 15.9 Å². The summed E-state index contributed by atoms with van der Waals surface area (Å²) in [6, 6.07) is 12.6. The predicted octanol–water partition coefficient (Wildman–Crippen LogP) is 3.49. The molecule has 0 radical (unpaired) electrons. The fourth-order valence-electron chi connectivity index (χ4n) is 3.74. The Labute approximate surface area is 150 Å². The van der Waals surface area contributed by atoms with Crippen molar-refractivity contribution < 1.29 is 13.5 Å². The van der Waals surface area contributed by atoms with E-state index in [9.17, 15) is 13.5 Å². The maximum absolute atomic E-state index is 13.1. The third-order valence-corrected chi connectivity index (χ3v) is 7.85. The summed E-state index contributed by atoms with van der Waals surface area (Å²) in [5, 5.41) is 10.3. The zero-order valence-electron chi connectivity index (χ0n) is 13.2. The van der Waals surface area contributed by atoms with Crippen LogP contribution in [0.15, 0.2) is 47.4 Å². The Kier molecular flexibility index (Phi) is 3.74. The van der Waals surface area contributed by atoms with Gasteiger partial charge in [0.25, 0.3) is 10.0 Å². The summed E-state index contributed by atoms with van der Waals surface area (Å²) in [6.45, 7) is 2.32. The second-order valence-corrected chi connectivity index (χ2v) is 9.38. The molecule has 0 saturated carbocycles.